The van der Waals surface area contributed by atoms with Gasteiger partial charge in [-0.3, -0.25) is 0 Å². The van der Waals surface area contributed by atoms with Gasteiger partial charge in [0.05, 0.1) is 6.61 Å². The highest BCUT2D eigenvalue weighted by atomic mass is 16.5. The van der Waals surface area contributed by atoms with Gasteiger partial charge in [0.1, 0.15) is 0 Å². The Kier molecular flexibility index (Phi) is 5.72. The zero-order valence-electron chi connectivity index (χ0n) is 14.9. The zero-order valence-corrected chi connectivity index (χ0v) is 14.9. The fourth-order valence-electron chi connectivity index (χ4n) is 4.08. The van der Waals surface area contributed by atoms with Gasteiger partial charge in [-0.1, -0.05) is 13.8 Å². The van der Waals surface area contributed by atoms with Crippen LogP contribution in [0.4, 0.5) is 0 Å². The number of nitrogens with zero attached hydrogens (tertiary/aromatic N) is 1. The molecule has 3 nitrogen and oxygen atoms in total. The first-order valence-electron chi connectivity index (χ1n) is 8.83. The van der Waals surface area contributed by atoms with Crippen molar-refractivity contribution < 1.29 is 4.74 Å². The van der Waals surface area contributed by atoms with Crippen LogP contribution in [0, 0.1) is 17.3 Å². The largest absolute Gasteiger partial charge is 0.381 e. The molecule has 0 aliphatic carbocycles. The third-order valence-electron chi connectivity index (χ3n) is 4.90. The highest BCUT2D eigenvalue weighted by Crippen LogP contribution is 2.32. The first-order valence-corrected chi connectivity index (χ1v) is 8.83. The van der Waals surface area contributed by atoms with Crippen LogP contribution in [0.3, 0.4) is 0 Å². The Hall–Kier alpha value is -0.120. The molecule has 3 heteroatoms. The topological polar surface area (TPSA) is 24.5 Å². The van der Waals surface area contributed by atoms with Gasteiger partial charge < -0.3 is 15.0 Å². The summed E-state index contributed by atoms with van der Waals surface area (Å²) in [7, 11) is 0. The molecule has 0 bridgehead atoms. The molecule has 21 heavy (non-hydrogen) atoms. The second-order valence-electron chi connectivity index (χ2n) is 8.90. The van der Waals surface area contributed by atoms with Crippen molar-refractivity contribution in [2.24, 2.45) is 17.3 Å². The highest BCUT2D eigenvalue weighted by molar-refractivity contribution is 4.91. The lowest BCUT2D eigenvalue weighted by Crippen LogP contribution is -2.54. The molecular weight excluding hydrogens is 260 g/mol. The fraction of sp³-hybridized carbons (Fsp3) is 1.00. The van der Waals surface area contributed by atoms with Gasteiger partial charge in [-0.25, -0.2) is 0 Å². The van der Waals surface area contributed by atoms with Crippen molar-refractivity contribution in [3.63, 3.8) is 0 Å². The van der Waals surface area contributed by atoms with Gasteiger partial charge in [0.25, 0.3) is 0 Å². The van der Waals surface area contributed by atoms with Crippen LogP contribution in [-0.4, -0.2) is 49.8 Å². The van der Waals surface area contributed by atoms with Crippen LogP contribution in [-0.2, 0) is 4.74 Å². The Labute approximate surface area is 131 Å². The molecular formula is C18H36N2O. The minimum absolute atomic E-state index is 0.187. The summed E-state index contributed by atoms with van der Waals surface area (Å²) in [5.41, 5.74) is 0.495. The third kappa shape index (κ3) is 5.54. The van der Waals surface area contributed by atoms with E-state index in [-0.39, 0.29) is 5.54 Å². The fourth-order valence-corrected chi connectivity index (χ4v) is 4.08. The van der Waals surface area contributed by atoms with E-state index in [1.807, 2.05) is 0 Å². The molecule has 2 aliphatic heterocycles. The molecule has 124 valence electrons. The Morgan fingerprint density at radius 1 is 1.19 bits per heavy atom. The molecule has 0 radical (unpaired) electrons. The number of likely N-dealkylation sites (tertiary alicyclic amines) is 1. The van der Waals surface area contributed by atoms with E-state index in [1.54, 1.807) is 0 Å². The maximum absolute atomic E-state index is 5.88. The van der Waals surface area contributed by atoms with Gasteiger partial charge >= 0.3 is 0 Å². The van der Waals surface area contributed by atoms with Gasteiger partial charge in [0.15, 0.2) is 0 Å². The van der Waals surface area contributed by atoms with Gasteiger partial charge in [0, 0.05) is 43.7 Å². The quantitative estimate of drug-likeness (QED) is 0.862. The number of nitrogens with one attached hydrogen (secondary N) is 1. The molecule has 3 unspecified atom stereocenters. The minimum Gasteiger partial charge on any atom is -0.381 e. The van der Waals surface area contributed by atoms with E-state index in [2.05, 4.69) is 44.8 Å². The Bertz CT molecular complexity index is 308. The van der Waals surface area contributed by atoms with Crippen LogP contribution in [0.2, 0.25) is 0 Å². The molecule has 1 N–H and O–H groups in total. The van der Waals surface area contributed by atoms with Crippen molar-refractivity contribution >= 4 is 0 Å². The Balaban J connectivity index is 1.98. The van der Waals surface area contributed by atoms with E-state index in [1.165, 1.54) is 38.9 Å². The lowest BCUT2D eigenvalue weighted by Gasteiger charge is -2.45. The lowest BCUT2D eigenvalue weighted by atomic mass is 9.80. The SMILES string of the molecule is CC1CC(C)CN(CC2(CNC(C)(C)C)CCCOC2)C1. The molecule has 0 aromatic rings. The molecule has 0 spiro atoms. The standard InChI is InChI=1S/C18H36N2O/c1-15-9-16(2)11-20(10-15)13-18(7-6-8-21-14-18)12-19-17(3,4)5/h15-16,19H,6-14H2,1-5H3. The summed E-state index contributed by atoms with van der Waals surface area (Å²) in [6.07, 6.45) is 3.90. The number of ether oxygens (including phenoxy) is 1. The van der Waals surface area contributed by atoms with E-state index in [4.69, 9.17) is 4.74 Å². The number of piperidine rings is 1. The van der Waals surface area contributed by atoms with Crippen LogP contribution in [0.5, 0.6) is 0 Å². The van der Waals surface area contributed by atoms with E-state index in [9.17, 15) is 0 Å². The van der Waals surface area contributed by atoms with Crippen LogP contribution in [0.15, 0.2) is 0 Å². The maximum Gasteiger partial charge on any atom is 0.0546 e. The second kappa shape index (κ2) is 6.97. The van der Waals surface area contributed by atoms with Crippen molar-refractivity contribution in [3.05, 3.63) is 0 Å². The average molecular weight is 296 g/mol. The molecule has 0 amide bonds. The van der Waals surface area contributed by atoms with Crippen LogP contribution >= 0.6 is 0 Å². The van der Waals surface area contributed by atoms with Crippen molar-refractivity contribution in [1.29, 1.82) is 0 Å². The molecule has 2 rings (SSSR count). The predicted molar refractivity (Wildman–Crippen MR) is 89.6 cm³/mol. The first-order chi connectivity index (χ1) is 9.78. The van der Waals surface area contributed by atoms with E-state index < -0.39 is 0 Å². The summed E-state index contributed by atoms with van der Waals surface area (Å²) >= 11 is 0. The lowest BCUT2D eigenvalue weighted by molar-refractivity contribution is -0.0375. The minimum atomic E-state index is 0.187. The first kappa shape index (κ1) is 17.2. The number of rotatable bonds is 4. The normalized spacial score (nSPS) is 35.9. The van der Waals surface area contributed by atoms with Gasteiger partial charge in [-0.05, 0) is 51.9 Å². The summed E-state index contributed by atoms with van der Waals surface area (Å²) in [6.45, 7) is 18.3. The molecule has 0 aromatic heterocycles. The summed E-state index contributed by atoms with van der Waals surface area (Å²) in [5, 5.41) is 3.74. The average Bonchev–Trinajstić information content (AvgIpc) is 2.35. The van der Waals surface area contributed by atoms with E-state index >= 15 is 0 Å². The molecule has 0 saturated carbocycles. The summed E-state index contributed by atoms with van der Waals surface area (Å²) in [4.78, 5) is 2.71. The molecule has 2 heterocycles. The van der Waals surface area contributed by atoms with Crippen LogP contribution in [0.1, 0.15) is 53.9 Å². The highest BCUT2D eigenvalue weighted by Gasteiger charge is 2.37. The van der Waals surface area contributed by atoms with Gasteiger partial charge in [-0.2, -0.15) is 0 Å². The smallest absolute Gasteiger partial charge is 0.0546 e. The summed E-state index contributed by atoms with van der Waals surface area (Å²) < 4.78 is 5.88. The molecule has 2 saturated heterocycles. The van der Waals surface area contributed by atoms with Crippen LogP contribution in [0.25, 0.3) is 0 Å². The number of hydrogen-bond acceptors (Lipinski definition) is 3. The van der Waals surface area contributed by atoms with E-state index in [0.29, 0.717) is 5.41 Å². The Morgan fingerprint density at radius 3 is 2.38 bits per heavy atom. The maximum atomic E-state index is 5.88. The van der Waals surface area contributed by atoms with Crippen molar-refractivity contribution in [2.75, 3.05) is 39.4 Å². The monoisotopic (exact) mass is 296 g/mol. The summed E-state index contributed by atoms with van der Waals surface area (Å²) in [6, 6.07) is 0. The second-order valence-corrected chi connectivity index (χ2v) is 8.90. The predicted octanol–water partition coefficient (Wildman–Crippen LogP) is 3.15. The zero-order chi connectivity index (χ0) is 15.5. The Morgan fingerprint density at radius 2 is 1.86 bits per heavy atom. The van der Waals surface area contributed by atoms with Crippen LogP contribution < -0.4 is 5.32 Å². The molecule has 3 atom stereocenters. The summed E-state index contributed by atoms with van der Waals surface area (Å²) in [5.74, 6) is 1.68. The third-order valence-corrected chi connectivity index (χ3v) is 4.90. The molecule has 2 fully saturated rings. The van der Waals surface area contributed by atoms with Crippen molar-refractivity contribution in [3.8, 4) is 0 Å². The molecule has 2 aliphatic rings. The van der Waals surface area contributed by atoms with Gasteiger partial charge in [-0.15, -0.1) is 0 Å². The van der Waals surface area contributed by atoms with Crippen molar-refractivity contribution in [2.45, 2.75) is 59.4 Å². The van der Waals surface area contributed by atoms with E-state index in [0.717, 1.165) is 31.6 Å². The van der Waals surface area contributed by atoms with Gasteiger partial charge in [0.2, 0.25) is 0 Å². The van der Waals surface area contributed by atoms with Crippen molar-refractivity contribution in [1.82, 2.24) is 10.2 Å². The number of hydrogen-bond donors (Lipinski definition) is 1. The molecule has 0 aromatic carbocycles.